The molecule has 0 unspecified atom stereocenters. The highest BCUT2D eigenvalue weighted by atomic mass is 28.3. The molecular weight excluding hydrogens is 368 g/mol. The molecule has 3 rings (SSSR count). The van der Waals surface area contributed by atoms with Gasteiger partial charge in [0.25, 0.3) is 0 Å². The van der Waals surface area contributed by atoms with E-state index in [4.69, 9.17) is 0 Å². The molecule has 0 aliphatic rings. The van der Waals surface area contributed by atoms with Crippen molar-refractivity contribution in [3.63, 3.8) is 0 Å². The minimum absolute atomic E-state index is 1.32. The van der Waals surface area contributed by atoms with Crippen LogP contribution >= 0.6 is 0 Å². The van der Waals surface area contributed by atoms with Crippen LogP contribution in [0.3, 0.4) is 0 Å². The second kappa shape index (κ2) is 7.49. The maximum atomic E-state index is 2.47. The maximum Gasteiger partial charge on any atom is 0.0784 e. The molecule has 0 aliphatic carbocycles. The molecule has 28 heavy (non-hydrogen) atoms. The number of hydrogen-bond acceptors (Lipinski definition) is 0. The normalized spacial score (nSPS) is 12.3. The Morgan fingerprint density at radius 2 is 0.714 bits per heavy atom. The Labute approximate surface area is 173 Å². The van der Waals surface area contributed by atoms with E-state index < -0.39 is 16.1 Å². The van der Waals surface area contributed by atoms with E-state index in [9.17, 15) is 0 Å². The van der Waals surface area contributed by atoms with E-state index >= 15 is 0 Å². The van der Waals surface area contributed by atoms with E-state index in [0.717, 1.165) is 0 Å². The van der Waals surface area contributed by atoms with Gasteiger partial charge < -0.3 is 0 Å². The average Bonchev–Trinajstić information content (AvgIpc) is 2.60. The van der Waals surface area contributed by atoms with Crippen LogP contribution in [0.4, 0.5) is 0 Å². The predicted octanol–water partition coefficient (Wildman–Crippen LogP) is 6.73. The smallest absolute Gasteiger partial charge is 0.0656 e. The summed E-state index contributed by atoms with van der Waals surface area (Å²) in [5, 5.41) is 3.13. The van der Waals surface area contributed by atoms with E-state index in [-0.39, 0.29) is 0 Å². The van der Waals surface area contributed by atoms with E-state index in [0.29, 0.717) is 0 Å². The molecule has 3 aromatic carbocycles. The predicted molar refractivity (Wildman–Crippen MR) is 133 cm³/mol. The maximum absolute atomic E-state index is 2.47. The average molecular weight is 403 g/mol. The topological polar surface area (TPSA) is 0 Å². The molecule has 0 bridgehead atoms. The van der Waals surface area contributed by atoms with Gasteiger partial charge in [0, 0.05) is 0 Å². The van der Waals surface area contributed by atoms with Crippen LogP contribution in [0.5, 0.6) is 0 Å². The Morgan fingerprint density at radius 3 is 0.964 bits per heavy atom. The molecule has 0 saturated carbocycles. The Hall–Kier alpha value is -1.91. The second-order valence-electron chi connectivity index (χ2n) is 10.1. The van der Waals surface area contributed by atoms with Crippen molar-refractivity contribution in [3.8, 4) is 22.3 Å². The molecule has 0 fully saturated rings. The van der Waals surface area contributed by atoms with Gasteiger partial charge in [0.05, 0.1) is 16.1 Å². The van der Waals surface area contributed by atoms with Gasteiger partial charge in [0.1, 0.15) is 0 Å². The number of benzene rings is 3. The Balaban J connectivity index is 2.47. The molecule has 0 heterocycles. The molecule has 0 nitrogen and oxygen atoms in total. The zero-order valence-electron chi connectivity index (χ0n) is 18.8. The number of hydrogen-bond donors (Lipinski definition) is 0. The zero-order chi connectivity index (χ0) is 20.7. The molecule has 0 spiro atoms. The van der Waals surface area contributed by atoms with Crippen molar-refractivity contribution < 1.29 is 0 Å². The third kappa shape index (κ3) is 4.23. The monoisotopic (exact) mass is 402 g/mol. The minimum Gasteiger partial charge on any atom is -0.0656 e. The Bertz CT molecular complexity index is 885. The van der Waals surface area contributed by atoms with Gasteiger partial charge >= 0.3 is 0 Å². The standard InChI is InChI=1S/C26H34Si2/c1-19-9-13-21(14-10-19)25-23(27(3,4)5)17-18-24(28(6,7)8)26(25)22-15-11-20(2)12-16-22/h9-18H,1-8H3. The lowest BCUT2D eigenvalue weighted by molar-refractivity contribution is 1.46. The minimum atomic E-state index is -1.52. The van der Waals surface area contributed by atoms with Gasteiger partial charge in [-0.15, -0.1) is 0 Å². The van der Waals surface area contributed by atoms with Crippen LogP contribution in [0.15, 0.2) is 60.7 Å². The van der Waals surface area contributed by atoms with Gasteiger partial charge in [-0.3, -0.25) is 0 Å². The molecule has 0 N–H and O–H groups in total. The van der Waals surface area contributed by atoms with E-state index in [1.54, 1.807) is 10.4 Å². The zero-order valence-corrected chi connectivity index (χ0v) is 20.8. The highest BCUT2D eigenvalue weighted by Crippen LogP contribution is 2.33. The molecule has 0 atom stereocenters. The van der Waals surface area contributed by atoms with Crippen LogP contribution in [0.2, 0.25) is 39.3 Å². The molecule has 146 valence electrons. The molecule has 0 saturated heterocycles. The largest absolute Gasteiger partial charge is 0.0784 e. The van der Waals surface area contributed by atoms with Gasteiger partial charge in [-0.2, -0.15) is 0 Å². The molecule has 0 amide bonds. The summed E-state index contributed by atoms with van der Waals surface area (Å²) in [7, 11) is -3.03. The van der Waals surface area contributed by atoms with Crippen molar-refractivity contribution in [2.24, 2.45) is 0 Å². The van der Waals surface area contributed by atoms with Crippen molar-refractivity contribution in [3.05, 3.63) is 71.8 Å². The van der Waals surface area contributed by atoms with Crippen LogP contribution in [0, 0.1) is 13.8 Å². The fourth-order valence-corrected chi connectivity index (χ4v) is 7.10. The lowest BCUT2D eigenvalue weighted by Gasteiger charge is -2.30. The van der Waals surface area contributed by atoms with Crippen LogP contribution in [0.25, 0.3) is 22.3 Å². The summed E-state index contributed by atoms with van der Waals surface area (Å²) in [5.41, 5.74) is 8.30. The quantitative estimate of drug-likeness (QED) is 0.424. The summed E-state index contributed by atoms with van der Waals surface area (Å²) in [5.74, 6) is 0. The van der Waals surface area contributed by atoms with E-state index in [1.807, 2.05) is 0 Å². The van der Waals surface area contributed by atoms with Gasteiger partial charge in [0.15, 0.2) is 0 Å². The number of rotatable bonds is 4. The third-order valence-corrected chi connectivity index (χ3v) is 9.57. The molecule has 2 heteroatoms. The first-order valence-corrected chi connectivity index (χ1v) is 17.3. The van der Waals surface area contributed by atoms with E-state index in [2.05, 4.69) is 114 Å². The van der Waals surface area contributed by atoms with Crippen LogP contribution in [-0.2, 0) is 0 Å². The highest BCUT2D eigenvalue weighted by Gasteiger charge is 2.29. The van der Waals surface area contributed by atoms with Crippen molar-refractivity contribution in [2.75, 3.05) is 0 Å². The molecule has 0 radical (unpaired) electrons. The van der Waals surface area contributed by atoms with Gasteiger partial charge in [-0.25, -0.2) is 0 Å². The first-order valence-electron chi connectivity index (χ1n) is 10.3. The van der Waals surface area contributed by atoms with Crippen LogP contribution in [0.1, 0.15) is 11.1 Å². The van der Waals surface area contributed by atoms with Gasteiger partial charge in [-0.1, -0.05) is 121 Å². The van der Waals surface area contributed by atoms with Gasteiger partial charge in [0.2, 0.25) is 0 Å². The highest BCUT2D eigenvalue weighted by molar-refractivity contribution is 6.92. The lowest BCUT2D eigenvalue weighted by atomic mass is 9.93. The SMILES string of the molecule is Cc1ccc(-c2c([Si](C)(C)C)ccc([Si](C)(C)C)c2-c2ccc(C)cc2)cc1. The fraction of sp³-hybridized carbons (Fsp3) is 0.308. The van der Waals surface area contributed by atoms with Crippen molar-refractivity contribution in [1.29, 1.82) is 0 Å². The van der Waals surface area contributed by atoms with E-state index in [1.165, 1.54) is 33.4 Å². The molecule has 0 aliphatic heterocycles. The molecule has 0 aromatic heterocycles. The van der Waals surface area contributed by atoms with Crippen LogP contribution in [-0.4, -0.2) is 16.1 Å². The van der Waals surface area contributed by atoms with Crippen molar-refractivity contribution >= 4 is 26.5 Å². The van der Waals surface area contributed by atoms with Gasteiger partial charge in [-0.05, 0) is 36.1 Å². The summed E-state index contributed by atoms with van der Waals surface area (Å²) in [6, 6.07) is 23.2. The fourth-order valence-electron chi connectivity index (χ4n) is 3.89. The van der Waals surface area contributed by atoms with Crippen molar-refractivity contribution in [1.82, 2.24) is 0 Å². The summed E-state index contributed by atoms with van der Waals surface area (Å²) in [4.78, 5) is 0. The summed E-state index contributed by atoms with van der Waals surface area (Å²) in [6.07, 6.45) is 0. The Kier molecular flexibility index (Phi) is 5.57. The molecular formula is C26H34Si2. The first-order chi connectivity index (χ1) is 13.0. The summed E-state index contributed by atoms with van der Waals surface area (Å²) in [6.45, 7) is 19.1. The summed E-state index contributed by atoms with van der Waals surface area (Å²) < 4.78 is 0. The molecule has 3 aromatic rings. The Morgan fingerprint density at radius 1 is 0.429 bits per heavy atom. The second-order valence-corrected chi connectivity index (χ2v) is 20.2. The number of aryl methyl sites for hydroxylation is 2. The first kappa shape index (κ1) is 20.8. The lowest BCUT2D eigenvalue weighted by Crippen LogP contribution is -2.45. The third-order valence-electron chi connectivity index (χ3n) is 5.50. The summed E-state index contributed by atoms with van der Waals surface area (Å²) >= 11 is 0. The van der Waals surface area contributed by atoms with Crippen molar-refractivity contribution in [2.45, 2.75) is 53.1 Å². The van der Waals surface area contributed by atoms with Crippen LogP contribution < -0.4 is 10.4 Å².